The van der Waals surface area contributed by atoms with E-state index in [9.17, 15) is 8.42 Å². The number of anilines is 1. The highest BCUT2D eigenvalue weighted by Crippen LogP contribution is 2.34. The number of nitrogens with zero attached hydrogens (tertiary/aromatic N) is 2. The molecule has 1 aliphatic heterocycles. The Labute approximate surface area is 155 Å². The van der Waals surface area contributed by atoms with Crippen LogP contribution in [-0.4, -0.2) is 46.5 Å². The fourth-order valence-corrected chi connectivity index (χ4v) is 4.63. The van der Waals surface area contributed by atoms with Crippen molar-refractivity contribution in [2.75, 3.05) is 32.6 Å². The smallest absolute Gasteiger partial charge is 0.219 e. The SMILES string of the molecule is CN(C)c1ccc(C2C(S(=O)(=O)NCc3ccccc3)CON2C)cc1. The van der Waals surface area contributed by atoms with Crippen LogP contribution in [-0.2, 0) is 21.4 Å². The molecule has 1 aliphatic rings. The third kappa shape index (κ3) is 4.07. The normalized spacial score (nSPS) is 21.0. The van der Waals surface area contributed by atoms with Gasteiger partial charge in [0.15, 0.2) is 0 Å². The van der Waals surface area contributed by atoms with Crippen LogP contribution in [0.15, 0.2) is 54.6 Å². The van der Waals surface area contributed by atoms with E-state index in [2.05, 4.69) is 4.72 Å². The first-order valence-electron chi connectivity index (χ1n) is 8.54. The van der Waals surface area contributed by atoms with Gasteiger partial charge in [-0.2, -0.15) is 5.06 Å². The van der Waals surface area contributed by atoms with Gasteiger partial charge >= 0.3 is 0 Å². The fraction of sp³-hybridized carbons (Fsp3) is 0.368. The average Bonchev–Trinajstić information content (AvgIpc) is 3.03. The van der Waals surface area contributed by atoms with E-state index in [0.717, 1.165) is 16.8 Å². The maximum Gasteiger partial charge on any atom is 0.219 e. The van der Waals surface area contributed by atoms with E-state index in [1.807, 2.05) is 73.6 Å². The van der Waals surface area contributed by atoms with Gasteiger partial charge in [-0.1, -0.05) is 42.5 Å². The molecular weight excluding hydrogens is 350 g/mol. The van der Waals surface area contributed by atoms with E-state index in [4.69, 9.17) is 4.84 Å². The highest BCUT2D eigenvalue weighted by Gasteiger charge is 2.43. The lowest BCUT2D eigenvalue weighted by Gasteiger charge is -2.24. The van der Waals surface area contributed by atoms with Crippen molar-refractivity contribution in [2.24, 2.45) is 0 Å². The molecule has 1 fully saturated rings. The van der Waals surface area contributed by atoms with Crippen LogP contribution < -0.4 is 9.62 Å². The highest BCUT2D eigenvalue weighted by atomic mass is 32.2. The van der Waals surface area contributed by atoms with Gasteiger partial charge < -0.3 is 4.90 Å². The van der Waals surface area contributed by atoms with Crippen LogP contribution in [0.1, 0.15) is 17.2 Å². The second-order valence-electron chi connectivity index (χ2n) is 6.66. The van der Waals surface area contributed by atoms with Gasteiger partial charge in [0, 0.05) is 33.4 Å². The predicted molar refractivity (Wildman–Crippen MR) is 103 cm³/mol. The summed E-state index contributed by atoms with van der Waals surface area (Å²) in [6.07, 6.45) is 0. The van der Waals surface area contributed by atoms with E-state index in [-0.39, 0.29) is 19.2 Å². The van der Waals surface area contributed by atoms with Crippen LogP contribution in [0.5, 0.6) is 0 Å². The highest BCUT2D eigenvalue weighted by molar-refractivity contribution is 7.90. The molecule has 2 aromatic rings. The van der Waals surface area contributed by atoms with Crippen molar-refractivity contribution in [1.82, 2.24) is 9.79 Å². The first-order valence-corrected chi connectivity index (χ1v) is 10.1. The Bertz CT molecular complexity index is 823. The topological polar surface area (TPSA) is 61.9 Å². The second-order valence-corrected chi connectivity index (χ2v) is 8.65. The minimum absolute atomic E-state index is 0.140. The molecule has 6 nitrogen and oxygen atoms in total. The van der Waals surface area contributed by atoms with Crippen LogP contribution in [0.2, 0.25) is 0 Å². The maximum atomic E-state index is 12.9. The molecule has 1 saturated heterocycles. The van der Waals surface area contributed by atoms with Gasteiger partial charge in [0.1, 0.15) is 5.25 Å². The Kier molecular flexibility index (Phi) is 5.62. The number of sulfonamides is 1. The summed E-state index contributed by atoms with van der Waals surface area (Å²) in [6, 6.07) is 17.1. The van der Waals surface area contributed by atoms with Gasteiger partial charge in [0.2, 0.25) is 10.0 Å². The van der Waals surface area contributed by atoms with Crippen LogP contribution in [0.4, 0.5) is 5.69 Å². The molecule has 1 N–H and O–H groups in total. The first kappa shape index (κ1) is 18.8. The Morgan fingerprint density at radius 2 is 1.77 bits per heavy atom. The van der Waals surface area contributed by atoms with Crippen molar-refractivity contribution in [1.29, 1.82) is 0 Å². The second kappa shape index (κ2) is 7.75. The van der Waals surface area contributed by atoms with Crippen molar-refractivity contribution < 1.29 is 13.3 Å². The van der Waals surface area contributed by atoms with Crippen LogP contribution in [0, 0.1) is 0 Å². The summed E-state index contributed by atoms with van der Waals surface area (Å²) in [5, 5.41) is 0.971. The van der Waals surface area contributed by atoms with Crippen molar-refractivity contribution in [2.45, 2.75) is 17.8 Å². The fourth-order valence-electron chi connectivity index (χ4n) is 3.14. The summed E-state index contributed by atoms with van der Waals surface area (Å²) in [5.74, 6) is 0. The van der Waals surface area contributed by atoms with Crippen LogP contribution in [0.25, 0.3) is 0 Å². The summed E-state index contributed by atoms with van der Waals surface area (Å²) in [7, 11) is 2.18. The van der Waals surface area contributed by atoms with E-state index < -0.39 is 15.3 Å². The molecule has 7 heteroatoms. The van der Waals surface area contributed by atoms with Gasteiger partial charge in [-0.05, 0) is 23.3 Å². The zero-order chi connectivity index (χ0) is 18.7. The predicted octanol–water partition coefficient (Wildman–Crippen LogP) is 2.16. The van der Waals surface area contributed by atoms with Gasteiger partial charge in [-0.15, -0.1) is 0 Å². The minimum Gasteiger partial charge on any atom is -0.378 e. The summed E-state index contributed by atoms with van der Waals surface area (Å²) in [6.45, 7) is 0.413. The molecule has 3 rings (SSSR count). The molecule has 0 spiro atoms. The van der Waals surface area contributed by atoms with Crippen LogP contribution in [0.3, 0.4) is 0 Å². The standard InChI is InChI=1S/C19H25N3O3S/c1-21(2)17-11-9-16(10-12-17)19-18(14-25-22(19)3)26(23,24)20-13-15-7-5-4-6-8-15/h4-12,18-20H,13-14H2,1-3H3. The van der Waals surface area contributed by atoms with E-state index >= 15 is 0 Å². The van der Waals surface area contributed by atoms with Gasteiger partial charge in [-0.25, -0.2) is 13.1 Å². The lowest BCUT2D eigenvalue weighted by molar-refractivity contribution is -0.110. The Balaban J connectivity index is 1.78. The quantitative estimate of drug-likeness (QED) is 0.838. The van der Waals surface area contributed by atoms with Gasteiger partial charge in [0.25, 0.3) is 0 Å². The number of benzene rings is 2. The molecule has 0 aliphatic carbocycles. The molecular formula is C19H25N3O3S. The maximum absolute atomic E-state index is 12.9. The van der Waals surface area contributed by atoms with Crippen LogP contribution >= 0.6 is 0 Å². The van der Waals surface area contributed by atoms with Crippen molar-refractivity contribution in [3.8, 4) is 0 Å². The lowest BCUT2D eigenvalue weighted by Crippen LogP contribution is -2.39. The molecule has 2 atom stereocenters. The zero-order valence-electron chi connectivity index (χ0n) is 15.3. The molecule has 2 unspecified atom stereocenters. The molecule has 0 bridgehead atoms. The van der Waals surface area contributed by atoms with Gasteiger partial charge in [0.05, 0.1) is 12.6 Å². The summed E-state index contributed by atoms with van der Waals surface area (Å²) in [4.78, 5) is 7.56. The summed E-state index contributed by atoms with van der Waals surface area (Å²) >= 11 is 0. The minimum atomic E-state index is -3.54. The summed E-state index contributed by atoms with van der Waals surface area (Å²) in [5.41, 5.74) is 2.91. The number of rotatable bonds is 6. The molecule has 0 saturated carbocycles. The first-order chi connectivity index (χ1) is 12.4. The monoisotopic (exact) mass is 375 g/mol. The number of nitrogens with one attached hydrogen (secondary N) is 1. The average molecular weight is 375 g/mol. The Hall–Kier alpha value is -1.93. The molecule has 140 valence electrons. The Morgan fingerprint density at radius 3 is 2.38 bits per heavy atom. The molecule has 0 amide bonds. The molecule has 1 heterocycles. The molecule has 0 aromatic heterocycles. The summed E-state index contributed by atoms with van der Waals surface area (Å²) < 4.78 is 28.5. The van der Waals surface area contributed by atoms with Crippen molar-refractivity contribution in [3.05, 3.63) is 65.7 Å². The third-order valence-electron chi connectivity index (χ3n) is 4.66. The largest absolute Gasteiger partial charge is 0.378 e. The van der Waals surface area contributed by atoms with Crippen molar-refractivity contribution >= 4 is 15.7 Å². The van der Waals surface area contributed by atoms with E-state index in [0.29, 0.717) is 0 Å². The van der Waals surface area contributed by atoms with Gasteiger partial charge in [-0.3, -0.25) is 4.84 Å². The van der Waals surface area contributed by atoms with Crippen molar-refractivity contribution in [3.63, 3.8) is 0 Å². The third-order valence-corrected chi connectivity index (χ3v) is 6.39. The number of hydrogen-bond donors (Lipinski definition) is 1. The number of hydroxylamine groups is 2. The Morgan fingerprint density at radius 1 is 1.12 bits per heavy atom. The van der Waals surface area contributed by atoms with E-state index in [1.54, 1.807) is 12.1 Å². The zero-order valence-corrected chi connectivity index (χ0v) is 16.1. The number of hydrogen-bond acceptors (Lipinski definition) is 5. The van der Waals surface area contributed by atoms with E-state index in [1.165, 1.54) is 0 Å². The lowest BCUT2D eigenvalue weighted by atomic mass is 10.0. The molecule has 0 radical (unpaired) electrons. The molecule has 26 heavy (non-hydrogen) atoms. The molecule has 2 aromatic carbocycles.